The molecule has 3 aromatic rings. The smallest absolute Gasteiger partial charge is 0.410 e. The quantitative estimate of drug-likeness (QED) is 0.302. The van der Waals surface area contributed by atoms with Gasteiger partial charge in [-0.15, -0.1) is 0 Å². The average Bonchev–Trinajstić information content (AvgIpc) is 3.52. The lowest BCUT2D eigenvalue weighted by atomic mass is 10.0. The molecular formula is C40H46FN5O10S. The number of furan rings is 1. The van der Waals surface area contributed by atoms with E-state index in [1.807, 2.05) is 6.08 Å². The molecule has 0 radical (unpaired) electrons. The van der Waals surface area contributed by atoms with Crippen LogP contribution in [0.2, 0.25) is 0 Å². The van der Waals surface area contributed by atoms with Crippen molar-refractivity contribution in [3.8, 4) is 0 Å². The van der Waals surface area contributed by atoms with Crippen molar-refractivity contribution in [3.63, 3.8) is 0 Å². The third-order valence-electron chi connectivity index (χ3n) is 10.7. The molecule has 0 spiro atoms. The largest absolute Gasteiger partial charge is 0.444 e. The summed E-state index contributed by atoms with van der Waals surface area (Å²) in [5.41, 5.74) is -1.25. The fourth-order valence-electron chi connectivity index (χ4n) is 7.70. The number of nitrogens with zero attached hydrogens (tertiary/aromatic N) is 2. The Bertz CT molecular complexity index is 2200. The zero-order valence-electron chi connectivity index (χ0n) is 31.9. The fraction of sp³-hybridized carbons (Fsp3) is 0.475. The lowest BCUT2D eigenvalue weighted by Gasteiger charge is -2.30. The standard InChI is InChI=1S/C40H46FN5O10S/c1-39(2,3)56-37(50)42-30-16-8-6-4-5-7-14-26-20-40(26,36(49)44-57(52,53)33-18-24-12-9-10-17-32(24)55-33)43-34(47)31-19-27(22-46(31)35(30)48)54-38(51)45-21-25-13-11-15-29(41)28(25)23-45/h7,9-15,17-18,26-27,30-31H,4-6,8,16,19-23H2,1-3H3,(H,42,50)(H,43,47)(H,44,49)/t26-,27-,30+,31+,40-/m1/s1. The number of halogens is 1. The Balaban J connectivity index is 1.15. The normalized spacial score (nSPS) is 25.3. The number of amides is 5. The second kappa shape index (κ2) is 15.5. The van der Waals surface area contributed by atoms with Crippen LogP contribution >= 0.6 is 0 Å². The molecule has 2 fully saturated rings. The first-order chi connectivity index (χ1) is 27.0. The average molecular weight is 808 g/mol. The van der Waals surface area contributed by atoms with Crippen LogP contribution in [0.1, 0.15) is 76.8 Å². The third-order valence-corrected chi connectivity index (χ3v) is 11.9. The van der Waals surface area contributed by atoms with E-state index in [2.05, 4.69) is 15.4 Å². The third kappa shape index (κ3) is 8.62. The zero-order valence-corrected chi connectivity index (χ0v) is 32.7. The summed E-state index contributed by atoms with van der Waals surface area (Å²) in [4.78, 5) is 71.7. The topological polar surface area (TPSA) is 194 Å². The molecule has 3 N–H and O–H groups in total. The highest BCUT2D eigenvalue weighted by atomic mass is 32.2. The van der Waals surface area contributed by atoms with Crippen LogP contribution in [0.5, 0.6) is 0 Å². The number of carbonyl (C=O) groups is 5. The number of fused-ring (bicyclic) bond motifs is 4. The van der Waals surface area contributed by atoms with Gasteiger partial charge in [0.1, 0.15) is 40.7 Å². The van der Waals surface area contributed by atoms with E-state index in [1.165, 1.54) is 21.9 Å². The van der Waals surface area contributed by atoms with Crippen LogP contribution in [0.25, 0.3) is 11.0 Å². The Kier molecular flexibility index (Phi) is 10.8. The molecule has 7 rings (SSSR count). The fourth-order valence-corrected chi connectivity index (χ4v) is 8.70. The molecule has 1 aliphatic carbocycles. The van der Waals surface area contributed by atoms with E-state index in [1.54, 1.807) is 63.2 Å². The van der Waals surface area contributed by atoms with Gasteiger partial charge in [-0.2, -0.15) is 8.42 Å². The van der Waals surface area contributed by atoms with E-state index in [9.17, 15) is 36.8 Å². The van der Waals surface area contributed by atoms with Crippen LogP contribution < -0.4 is 15.4 Å². The van der Waals surface area contributed by atoms with E-state index in [4.69, 9.17) is 13.9 Å². The second-order valence-electron chi connectivity index (χ2n) is 16.1. The van der Waals surface area contributed by atoms with E-state index in [-0.39, 0.29) is 38.9 Å². The maximum Gasteiger partial charge on any atom is 0.410 e. The summed E-state index contributed by atoms with van der Waals surface area (Å²) in [5, 5.41) is 5.47. The lowest BCUT2D eigenvalue weighted by Crippen LogP contribution is -2.58. The molecule has 2 aromatic carbocycles. The predicted octanol–water partition coefficient (Wildman–Crippen LogP) is 4.79. The number of sulfonamides is 1. The minimum absolute atomic E-state index is 0.0223. The summed E-state index contributed by atoms with van der Waals surface area (Å²) in [7, 11) is -4.52. The molecule has 3 aliphatic heterocycles. The molecule has 304 valence electrons. The SMILES string of the molecule is CC(C)(C)OC(=O)N[C@H]1CCCCCC=C[C@@H]2C[C@@]2(C(=O)NS(=O)(=O)c2cc3ccccc3o2)NC(=O)[C@@H]2C[C@@H](OC(=O)N3Cc4cccc(F)c4C3)CN2C1=O. The van der Waals surface area contributed by atoms with Crippen molar-refractivity contribution in [3.05, 3.63) is 77.6 Å². The van der Waals surface area contributed by atoms with E-state index >= 15 is 0 Å². The van der Waals surface area contributed by atoms with Gasteiger partial charge in [0.05, 0.1) is 13.1 Å². The monoisotopic (exact) mass is 807 g/mol. The molecule has 4 heterocycles. The van der Waals surface area contributed by atoms with E-state index in [0.29, 0.717) is 41.4 Å². The second-order valence-corrected chi connectivity index (χ2v) is 17.7. The Morgan fingerprint density at radius 2 is 1.82 bits per heavy atom. The number of hydrogen-bond donors (Lipinski definition) is 3. The van der Waals surface area contributed by atoms with Crippen molar-refractivity contribution in [1.29, 1.82) is 0 Å². The lowest BCUT2D eigenvalue weighted by molar-refractivity contribution is -0.141. The first-order valence-electron chi connectivity index (χ1n) is 19.1. The van der Waals surface area contributed by atoms with Crippen molar-refractivity contribution in [2.24, 2.45) is 5.92 Å². The van der Waals surface area contributed by atoms with Crippen LogP contribution in [0.3, 0.4) is 0 Å². The molecule has 0 unspecified atom stereocenters. The van der Waals surface area contributed by atoms with Crippen LogP contribution in [0.4, 0.5) is 14.0 Å². The molecule has 5 atom stereocenters. The molecule has 15 nitrogen and oxygen atoms in total. The molecule has 1 saturated carbocycles. The van der Waals surface area contributed by atoms with Crippen molar-refractivity contribution in [2.45, 2.75) is 113 Å². The van der Waals surface area contributed by atoms with Gasteiger partial charge in [0.15, 0.2) is 0 Å². The van der Waals surface area contributed by atoms with Crippen molar-refractivity contribution in [1.82, 2.24) is 25.2 Å². The number of carbonyl (C=O) groups excluding carboxylic acids is 5. The highest BCUT2D eigenvalue weighted by molar-refractivity contribution is 7.90. The van der Waals surface area contributed by atoms with Gasteiger partial charge < -0.3 is 29.4 Å². The van der Waals surface area contributed by atoms with Gasteiger partial charge in [-0.1, -0.05) is 55.3 Å². The maximum absolute atomic E-state index is 14.5. The number of nitrogens with one attached hydrogen (secondary N) is 3. The first-order valence-corrected chi connectivity index (χ1v) is 20.6. The Hall–Kier alpha value is -5.45. The predicted molar refractivity (Wildman–Crippen MR) is 202 cm³/mol. The van der Waals surface area contributed by atoms with Gasteiger partial charge in [-0.05, 0) is 64.2 Å². The minimum atomic E-state index is -4.52. The number of rotatable bonds is 5. The summed E-state index contributed by atoms with van der Waals surface area (Å²) in [6.07, 6.45) is 3.76. The highest BCUT2D eigenvalue weighted by Crippen LogP contribution is 2.46. The minimum Gasteiger partial charge on any atom is -0.444 e. The van der Waals surface area contributed by atoms with Crippen molar-refractivity contribution < 1.29 is 50.7 Å². The number of benzene rings is 2. The van der Waals surface area contributed by atoms with Gasteiger partial charge in [-0.25, -0.2) is 18.7 Å². The van der Waals surface area contributed by atoms with Gasteiger partial charge in [-0.3, -0.25) is 19.3 Å². The molecular weight excluding hydrogens is 762 g/mol. The van der Waals surface area contributed by atoms with Crippen LogP contribution in [0.15, 0.2) is 70.2 Å². The van der Waals surface area contributed by atoms with E-state index < -0.39 is 86.1 Å². The van der Waals surface area contributed by atoms with Gasteiger partial charge >= 0.3 is 12.2 Å². The van der Waals surface area contributed by atoms with Crippen LogP contribution in [-0.4, -0.2) is 84.0 Å². The molecule has 0 bridgehead atoms. The summed E-state index contributed by atoms with van der Waals surface area (Å²) < 4.78 is 60.3. The van der Waals surface area contributed by atoms with Crippen LogP contribution in [-0.2, 0) is 47.0 Å². The number of ether oxygens (including phenoxy) is 2. The first kappa shape index (κ1) is 39.8. The van der Waals surface area contributed by atoms with Crippen molar-refractivity contribution in [2.75, 3.05) is 6.54 Å². The molecule has 17 heteroatoms. The van der Waals surface area contributed by atoms with Crippen molar-refractivity contribution >= 4 is 50.9 Å². The Labute approximate surface area is 329 Å². The molecule has 57 heavy (non-hydrogen) atoms. The zero-order chi connectivity index (χ0) is 40.7. The molecule has 5 amide bonds. The number of hydrogen-bond acceptors (Lipinski definition) is 10. The highest BCUT2D eigenvalue weighted by Gasteiger charge is 2.62. The summed E-state index contributed by atoms with van der Waals surface area (Å²) in [6, 6.07) is 10.1. The summed E-state index contributed by atoms with van der Waals surface area (Å²) in [5.74, 6) is -3.41. The van der Waals surface area contributed by atoms with Crippen LogP contribution in [0, 0.1) is 11.7 Å². The maximum atomic E-state index is 14.5. The van der Waals surface area contributed by atoms with Gasteiger partial charge in [0.2, 0.25) is 16.9 Å². The summed E-state index contributed by atoms with van der Waals surface area (Å²) >= 11 is 0. The molecule has 1 saturated heterocycles. The van der Waals surface area contributed by atoms with Gasteiger partial charge in [0, 0.05) is 35.9 Å². The molecule has 4 aliphatic rings. The van der Waals surface area contributed by atoms with E-state index in [0.717, 1.165) is 6.42 Å². The van der Waals surface area contributed by atoms with Gasteiger partial charge in [0.25, 0.3) is 15.9 Å². The Morgan fingerprint density at radius 1 is 1.04 bits per heavy atom. The number of alkyl carbamates (subject to hydrolysis) is 1. The number of para-hydroxylation sites is 1. The Morgan fingerprint density at radius 3 is 2.58 bits per heavy atom. The summed E-state index contributed by atoms with van der Waals surface area (Å²) in [6.45, 7) is 4.91. The number of allylic oxidation sites excluding steroid dienone is 1. The molecule has 1 aromatic heterocycles.